The molecule has 0 saturated heterocycles. The number of aromatic nitrogens is 1. The fraction of sp³-hybridized carbons (Fsp3) is 0.556. The number of aliphatic carboxylic acids is 1. The van der Waals surface area contributed by atoms with Crippen molar-refractivity contribution < 1.29 is 9.90 Å². The summed E-state index contributed by atoms with van der Waals surface area (Å²) in [6.07, 6.45) is 0.801. The van der Waals surface area contributed by atoms with Crippen LogP contribution in [0.4, 0.5) is 0 Å². The largest absolute Gasteiger partial charge is 0.481 e. The van der Waals surface area contributed by atoms with Crippen LogP contribution in [0, 0.1) is 0 Å². The summed E-state index contributed by atoms with van der Waals surface area (Å²) in [5.74, 6) is -0.363. The zero-order valence-electron chi connectivity index (χ0n) is 7.78. The lowest BCUT2D eigenvalue weighted by Crippen LogP contribution is -1.99. The third-order valence-electron chi connectivity index (χ3n) is 1.79. The van der Waals surface area contributed by atoms with Crippen molar-refractivity contribution in [2.45, 2.75) is 32.6 Å². The molecule has 0 fully saturated rings. The van der Waals surface area contributed by atoms with E-state index in [0.717, 1.165) is 10.6 Å². The van der Waals surface area contributed by atoms with E-state index in [4.69, 9.17) is 5.11 Å². The average molecular weight is 199 g/mol. The van der Waals surface area contributed by atoms with Gasteiger partial charge in [-0.25, -0.2) is 4.98 Å². The number of carboxylic acids is 1. The van der Waals surface area contributed by atoms with Crippen LogP contribution >= 0.6 is 11.3 Å². The van der Waals surface area contributed by atoms with E-state index in [2.05, 4.69) is 18.8 Å². The molecule has 0 aliphatic rings. The summed E-state index contributed by atoms with van der Waals surface area (Å²) in [6.45, 7) is 4.14. The molecule has 0 atom stereocenters. The van der Waals surface area contributed by atoms with Gasteiger partial charge in [-0.05, 0) is 12.3 Å². The van der Waals surface area contributed by atoms with Gasteiger partial charge in [-0.1, -0.05) is 13.8 Å². The first-order chi connectivity index (χ1) is 6.11. The number of hydrogen-bond acceptors (Lipinski definition) is 3. The van der Waals surface area contributed by atoms with Crippen LogP contribution in [-0.2, 0) is 11.2 Å². The van der Waals surface area contributed by atoms with Crippen molar-refractivity contribution in [1.29, 1.82) is 0 Å². The highest BCUT2D eigenvalue weighted by Gasteiger charge is 2.10. The Bertz CT molecular complexity index is 294. The van der Waals surface area contributed by atoms with Crippen LogP contribution < -0.4 is 0 Å². The van der Waals surface area contributed by atoms with Crippen molar-refractivity contribution in [3.63, 3.8) is 0 Å². The van der Waals surface area contributed by atoms with E-state index in [0.29, 0.717) is 12.3 Å². The van der Waals surface area contributed by atoms with Gasteiger partial charge in [-0.3, -0.25) is 4.79 Å². The molecule has 0 aliphatic carbocycles. The molecule has 1 aromatic heterocycles. The molecule has 0 radical (unpaired) electrons. The second kappa shape index (κ2) is 4.37. The Balaban J connectivity index is 2.65. The minimum atomic E-state index is -0.747. The van der Waals surface area contributed by atoms with E-state index in [-0.39, 0.29) is 6.42 Å². The van der Waals surface area contributed by atoms with Gasteiger partial charge in [0.2, 0.25) is 0 Å². The predicted molar refractivity (Wildman–Crippen MR) is 52.2 cm³/mol. The lowest BCUT2D eigenvalue weighted by atomic mass is 10.1. The van der Waals surface area contributed by atoms with Crippen LogP contribution in [0.5, 0.6) is 0 Å². The van der Waals surface area contributed by atoms with Gasteiger partial charge in [0.25, 0.3) is 0 Å². The molecule has 0 saturated carbocycles. The number of carboxylic acid groups (broad SMARTS) is 1. The number of nitrogens with zero attached hydrogens (tertiary/aromatic N) is 1. The summed E-state index contributed by atoms with van der Waals surface area (Å²) in [4.78, 5) is 15.7. The van der Waals surface area contributed by atoms with Crippen molar-refractivity contribution in [3.8, 4) is 0 Å². The summed E-state index contributed by atoms with van der Waals surface area (Å²) in [5, 5.41) is 8.53. The summed E-state index contributed by atoms with van der Waals surface area (Å²) in [7, 11) is 0. The Morgan fingerprint density at radius 2 is 2.38 bits per heavy atom. The molecule has 0 amide bonds. The third kappa shape index (κ3) is 2.81. The van der Waals surface area contributed by atoms with Crippen molar-refractivity contribution in [3.05, 3.63) is 16.1 Å². The molecule has 0 unspecified atom stereocenters. The van der Waals surface area contributed by atoms with Crippen molar-refractivity contribution in [2.75, 3.05) is 0 Å². The van der Waals surface area contributed by atoms with E-state index < -0.39 is 5.97 Å². The standard InChI is InChI=1S/C9H13NO2S/c1-6(2)9-7(13-5-10-9)3-4-8(11)12/h5-6H,3-4H2,1-2H3,(H,11,12). The first kappa shape index (κ1) is 10.2. The van der Waals surface area contributed by atoms with Crippen molar-refractivity contribution in [1.82, 2.24) is 4.98 Å². The first-order valence-electron chi connectivity index (χ1n) is 4.25. The van der Waals surface area contributed by atoms with Crippen LogP contribution in [0.3, 0.4) is 0 Å². The van der Waals surface area contributed by atoms with Crippen LogP contribution in [0.2, 0.25) is 0 Å². The zero-order valence-corrected chi connectivity index (χ0v) is 8.60. The Kier molecular flexibility index (Phi) is 3.42. The molecular formula is C9H13NO2S. The SMILES string of the molecule is CC(C)c1ncsc1CCC(=O)O. The molecule has 13 heavy (non-hydrogen) atoms. The molecule has 1 N–H and O–H groups in total. The molecule has 4 heteroatoms. The lowest BCUT2D eigenvalue weighted by Gasteiger charge is -2.03. The van der Waals surface area contributed by atoms with Crippen LogP contribution in [0.15, 0.2) is 5.51 Å². The fourth-order valence-corrected chi connectivity index (χ4v) is 2.08. The molecule has 1 rings (SSSR count). The summed E-state index contributed by atoms with van der Waals surface area (Å²) in [5.41, 5.74) is 2.83. The smallest absolute Gasteiger partial charge is 0.303 e. The van der Waals surface area contributed by atoms with E-state index in [1.165, 1.54) is 0 Å². The first-order valence-corrected chi connectivity index (χ1v) is 5.13. The van der Waals surface area contributed by atoms with E-state index in [9.17, 15) is 4.79 Å². The molecule has 72 valence electrons. The average Bonchev–Trinajstić information content (AvgIpc) is 2.47. The number of aryl methyl sites for hydroxylation is 1. The zero-order chi connectivity index (χ0) is 9.84. The highest BCUT2D eigenvalue weighted by Crippen LogP contribution is 2.22. The molecule has 1 aromatic rings. The van der Waals surface area contributed by atoms with Gasteiger partial charge in [0, 0.05) is 4.88 Å². The number of thiazole rings is 1. The fourth-order valence-electron chi connectivity index (χ4n) is 1.16. The van der Waals surface area contributed by atoms with E-state index in [1.54, 1.807) is 16.8 Å². The molecular weight excluding hydrogens is 186 g/mol. The molecule has 1 heterocycles. The lowest BCUT2D eigenvalue weighted by molar-refractivity contribution is -0.136. The second-order valence-electron chi connectivity index (χ2n) is 3.21. The van der Waals surface area contributed by atoms with Gasteiger partial charge in [0.05, 0.1) is 17.6 Å². The minimum absolute atomic E-state index is 0.196. The molecule has 3 nitrogen and oxygen atoms in total. The maximum Gasteiger partial charge on any atom is 0.303 e. The monoisotopic (exact) mass is 199 g/mol. The highest BCUT2D eigenvalue weighted by atomic mass is 32.1. The van der Waals surface area contributed by atoms with Gasteiger partial charge in [-0.15, -0.1) is 11.3 Å². The van der Waals surface area contributed by atoms with Gasteiger partial charge in [0.1, 0.15) is 0 Å². The van der Waals surface area contributed by atoms with Gasteiger partial charge < -0.3 is 5.11 Å². The summed E-state index contributed by atoms with van der Waals surface area (Å²) in [6, 6.07) is 0. The maximum absolute atomic E-state index is 10.4. The van der Waals surface area contributed by atoms with E-state index >= 15 is 0 Å². The molecule has 0 bridgehead atoms. The van der Waals surface area contributed by atoms with E-state index in [1.807, 2.05) is 0 Å². The van der Waals surface area contributed by atoms with Crippen molar-refractivity contribution in [2.24, 2.45) is 0 Å². The number of rotatable bonds is 4. The van der Waals surface area contributed by atoms with Crippen LogP contribution in [0.25, 0.3) is 0 Å². The topological polar surface area (TPSA) is 50.2 Å². The number of hydrogen-bond donors (Lipinski definition) is 1. The summed E-state index contributed by atoms with van der Waals surface area (Å²) < 4.78 is 0. The maximum atomic E-state index is 10.4. The number of carbonyl (C=O) groups is 1. The second-order valence-corrected chi connectivity index (χ2v) is 4.15. The van der Waals surface area contributed by atoms with Gasteiger partial charge in [0.15, 0.2) is 0 Å². The molecule has 0 spiro atoms. The normalized spacial score (nSPS) is 10.7. The Morgan fingerprint density at radius 3 is 2.92 bits per heavy atom. The van der Waals surface area contributed by atoms with Crippen LogP contribution in [0.1, 0.15) is 36.8 Å². The Labute approximate surface area is 81.4 Å². The van der Waals surface area contributed by atoms with Crippen molar-refractivity contribution >= 4 is 17.3 Å². The highest BCUT2D eigenvalue weighted by molar-refractivity contribution is 7.09. The van der Waals surface area contributed by atoms with Gasteiger partial charge >= 0.3 is 5.97 Å². The van der Waals surface area contributed by atoms with Gasteiger partial charge in [-0.2, -0.15) is 0 Å². The summed E-state index contributed by atoms with van der Waals surface area (Å²) >= 11 is 1.55. The predicted octanol–water partition coefficient (Wildman–Crippen LogP) is 2.28. The minimum Gasteiger partial charge on any atom is -0.481 e. The molecule has 0 aliphatic heterocycles. The Hall–Kier alpha value is -0.900. The quantitative estimate of drug-likeness (QED) is 0.809. The van der Waals surface area contributed by atoms with Crippen LogP contribution in [-0.4, -0.2) is 16.1 Å². The molecule has 0 aromatic carbocycles. The Morgan fingerprint density at radius 1 is 1.69 bits per heavy atom. The third-order valence-corrected chi connectivity index (χ3v) is 2.69.